The van der Waals surface area contributed by atoms with E-state index in [-0.39, 0.29) is 0 Å². The number of nitrogens with two attached hydrogens (primary N) is 1. The van der Waals surface area contributed by atoms with Crippen LogP contribution < -0.4 is 5.73 Å². The average molecular weight is 243 g/mol. The van der Waals surface area contributed by atoms with Crippen molar-refractivity contribution < 1.29 is 0 Å². The number of rotatable bonds is 0. The van der Waals surface area contributed by atoms with E-state index in [4.69, 9.17) is 17.3 Å². The second-order valence-electron chi connectivity index (χ2n) is 4.01. The van der Waals surface area contributed by atoms with Crippen LogP contribution in [0.5, 0.6) is 0 Å². The lowest BCUT2D eigenvalue weighted by Gasteiger charge is -2.11. The molecule has 0 saturated heterocycles. The van der Waals surface area contributed by atoms with Crippen LogP contribution in [-0.4, -0.2) is 4.98 Å². The Kier molecular flexibility index (Phi) is 2.37. The van der Waals surface area contributed by atoms with Crippen molar-refractivity contribution in [3.8, 4) is 0 Å². The van der Waals surface area contributed by atoms with Crippen molar-refractivity contribution in [3.05, 3.63) is 52.7 Å². The molecule has 0 atom stereocenters. The number of aromatic nitrogens is 1. The van der Waals surface area contributed by atoms with Gasteiger partial charge in [0.25, 0.3) is 0 Å². The number of nitrogen functional groups attached to an aromatic ring is 1. The average Bonchev–Trinajstić information content (AvgIpc) is 2.54. The maximum atomic E-state index is 6.21. The normalized spacial score (nSPS) is 13.7. The Bertz CT molecular complexity index is 657. The van der Waals surface area contributed by atoms with Gasteiger partial charge in [-0.2, -0.15) is 0 Å². The van der Waals surface area contributed by atoms with Crippen molar-refractivity contribution >= 4 is 34.3 Å². The summed E-state index contributed by atoms with van der Waals surface area (Å²) in [5, 5.41) is 1.50. The molecule has 0 aliphatic heterocycles. The molecule has 17 heavy (non-hydrogen) atoms. The molecule has 0 radical (unpaired) electrons. The summed E-state index contributed by atoms with van der Waals surface area (Å²) >= 11 is 6.19. The minimum Gasteiger partial charge on any atom is -0.398 e. The summed E-state index contributed by atoms with van der Waals surface area (Å²) in [6, 6.07) is 5.68. The third-order valence-corrected chi connectivity index (χ3v) is 3.25. The lowest BCUT2D eigenvalue weighted by atomic mass is 10.0. The number of benzene rings is 1. The Morgan fingerprint density at radius 2 is 2.12 bits per heavy atom. The standard InChI is InChI=1S/C14H11ClN2/c15-10-6-4-8-12-13(10)14(16)9-5-2-1-3-7-11(9)17-12/h1-6,8H,7H2,(H2,16,17). The molecule has 1 aromatic heterocycles. The summed E-state index contributed by atoms with van der Waals surface area (Å²) in [5.74, 6) is 0. The molecule has 2 N–H and O–H groups in total. The zero-order valence-corrected chi connectivity index (χ0v) is 9.91. The molecule has 2 nitrogen and oxygen atoms in total. The van der Waals surface area contributed by atoms with Gasteiger partial charge < -0.3 is 5.73 Å². The molecule has 0 saturated carbocycles. The number of hydrogen-bond donors (Lipinski definition) is 1. The molecule has 3 heteroatoms. The fourth-order valence-corrected chi connectivity index (χ4v) is 2.39. The van der Waals surface area contributed by atoms with Crippen LogP contribution in [0, 0.1) is 0 Å². The van der Waals surface area contributed by atoms with Crippen molar-refractivity contribution in [3.63, 3.8) is 0 Å². The molecule has 0 amide bonds. The fourth-order valence-electron chi connectivity index (χ4n) is 2.12. The molecule has 1 aliphatic carbocycles. The van der Waals surface area contributed by atoms with E-state index in [1.165, 1.54) is 0 Å². The van der Waals surface area contributed by atoms with E-state index in [1.54, 1.807) is 0 Å². The van der Waals surface area contributed by atoms with E-state index in [1.807, 2.05) is 36.4 Å². The van der Waals surface area contributed by atoms with Gasteiger partial charge in [-0.05, 0) is 12.1 Å². The fraction of sp³-hybridized carbons (Fsp3) is 0.0714. The van der Waals surface area contributed by atoms with Gasteiger partial charge in [0.15, 0.2) is 0 Å². The lowest BCUT2D eigenvalue weighted by molar-refractivity contribution is 1.14. The molecule has 0 spiro atoms. The summed E-state index contributed by atoms with van der Waals surface area (Å²) in [7, 11) is 0. The van der Waals surface area contributed by atoms with E-state index in [9.17, 15) is 0 Å². The zero-order valence-electron chi connectivity index (χ0n) is 9.15. The molecular formula is C14H11ClN2. The minimum absolute atomic E-state index is 0.654. The number of nitrogens with zero attached hydrogens (tertiary/aromatic N) is 1. The lowest BCUT2D eigenvalue weighted by Crippen LogP contribution is -2.00. The third-order valence-electron chi connectivity index (χ3n) is 2.94. The number of halogens is 1. The Labute approximate surface area is 104 Å². The highest BCUT2D eigenvalue weighted by atomic mass is 35.5. The monoisotopic (exact) mass is 242 g/mol. The first-order valence-corrected chi connectivity index (χ1v) is 5.85. The molecular weight excluding hydrogens is 232 g/mol. The summed E-state index contributed by atoms with van der Waals surface area (Å²) in [4.78, 5) is 4.63. The van der Waals surface area contributed by atoms with Gasteiger partial charge in [-0.1, -0.05) is 42.0 Å². The Hall–Kier alpha value is -1.80. The SMILES string of the molecule is Nc1c2c(nc3cccc(Cl)c13)CC=CC=C2. The molecule has 3 rings (SSSR count). The largest absolute Gasteiger partial charge is 0.398 e. The number of pyridine rings is 1. The molecule has 1 aliphatic rings. The summed E-state index contributed by atoms with van der Waals surface area (Å²) in [5.41, 5.74) is 9.77. The van der Waals surface area contributed by atoms with Gasteiger partial charge in [-0.3, -0.25) is 4.98 Å². The summed E-state index contributed by atoms with van der Waals surface area (Å²) in [6.45, 7) is 0. The molecule has 2 aromatic rings. The van der Waals surface area contributed by atoms with E-state index in [2.05, 4.69) is 11.1 Å². The molecule has 0 fully saturated rings. The Balaban J connectivity index is 2.43. The van der Waals surface area contributed by atoms with Crippen LogP contribution in [0.1, 0.15) is 11.3 Å². The number of fused-ring (bicyclic) bond motifs is 2. The molecule has 0 unspecified atom stereocenters. The van der Waals surface area contributed by atoms with E-state index in [0.29, 0.717) is 5.02 Å². The van der Waals surface area contributed by atoms with Crippen LogP contribution in [0.25, 0.3) is 17.0 Å². The second kappa shape index (κ2) is 3.90. The van der Waals surface area contributed by atoms with E-state index >= 15 is 0 Å². The van der Waals surface area contributed by atoms with Gasteiger partial charge in [-0.15, -0.1) is 0 Å². The van der Waals surface area contributed by atoms with Crippen LogP contribution in [0.2, 0.25) is 5.02 Å². The number of allylic oxidation sites excluding steroid dienone is 3. The van der Waals surface area contributed by atoms with Crippen molar-refractivity contribution in [2.75, 3.05) is 5.73 Å². The van der Waals surface area contributed by atoms with Crippen LogP contribution >= 0.6 is 11.6 Å². The zero-order chi connectivity index (χ0) is 11.8. The number of hydrogen-bond acceptors (Lipinski definition) is 2. The van der Waals surface area contributed by atoms with Crippen molar-refractivity contribution in [1.29, 1.82) is 0 Å². The first-order valence-electron chi connectivity index (χ1n) is 5.47. The van der Waals surface area contributed by atoms with Gasteiger partial charge in [0.05, 0.1) is 21.9 Å². The van der Waals surface area contributed by atoms with Gasteiger partial charge in [0.1, 0.15) is 0 Å². The van der Waals surface area contributed by atoms with Gasteiger partial charge >= 0.3 is 0 Å². The highest BCUT2D eigenvalue weighted by molar-refractivity contribution is 6.36. The van der Waals surface area contributed by atoms with Crippen LogP contribution in [0.15, 0.2) is 36.4 Å². The van der Waals surface area contributed by atoms with Crippen molar-refractivity contribution in [2.24, 2.45) is 0 Å². The Morgan fingerprint density at radius 3 is 3.00 bits per heavy atom. The summed E-state index contributed by atoms with van der Waals surface area (Å²) in [6.07, 6.45) is 8.85. The van der Waals surface area contributed by atoms with Crippen LogP contribution in [0.3, 0.4) is 0 Å². The maximum absolute atomic E-state index is 6.21. The van der Waals surface area contributed by atoms with Crippen LogP contribution in [0.4, 0.5) is 5.69 Å². The van der Waals surface area contributed by atoms with E-state index in [0.717, 1.165) is 34.3 Å². The van der Waals surface area contributed by atoms with E-state index < -0.39 is 0 Å². The Morgan fingerprint density at radius 1 is 1.24 bits per heavy atom. The number of anilines is 1. The smallest absolute Gasteiger partial charge is 0.0741 e. The van der Waals surface area contributed by atoms with Gasteiger partial charge in [0.2, 0.25) is 0 Å². The topological polar surface area (TPSA) is 38.9 Å². The predicted octanol–water partition coefficient (Wildman–Crippen LogP) is 3.60. The molecule has 0 bridgehead atoms. The molecule has 84 valence electrons. The highest BCUT2D eigenvalue weighted by Crippen LogP contribution is 2.33. The second-order valence-corrected chi connectivity index (χ2v) is 4.42. The van der Waals surface area contributed by atoms with Crippen molar-refractivity contribution in [2.45, 2.75) is 6.42 Å². The first-order chi connectivity index (χ1) is 8.27. The van der Waals surface area contributed by atoms with Gasteiger partial charge in [-0.25, -0.2) is 0 Å². The van der Waals surface area contributed by atoms with Crippen LogP contribution in [-0.2, 0) is 6.42 Å². The van der Waals surface area contributed by atoms with Gasteiger partial charge in [0, 0.05) is 17.4 Å². The molecule has 1 heterocycles. The van der Waals surface area contributed by atoms with Crippen molar-refractivity contribution in [1.82, 2.24) is 4.98 Å². The predicted molar refractivity (Wildman–Crippen MR) is 73.0 cm³/mol. The summed E-state index contributed by atoms with van der Waals surface area (Å²) < 4.78 is 0. The third kappa shape index (κ3) is 1.61. The minimum atomic E-state index is 0.654. The maximum Gasteiger partial charge on any atom is 0.0741 e. The quantitative estimate of drug-likeness (QED) is 0.767. The first kappa shape index (κ1) is 10.4. The molecule has 1 aromatic carbocycles. The highest BCUT2D eigenvalue weighted by Gasteiger charge is 2.12.